The van der Waals surface area contributed by atoms with Gasteiger partial charge in [-0.15, -0.1) is 10.2 Å². The van der Waals surface area contributed by atoms with Gasteiger partial charge in [-0.2, -0.15) is 4.98 Å². The smallest absolute Gasteiger partial charge is 0.291 e. The van der Waals surface area contributed by atoms with Crippen LogP contribution in [0.4, 0.5) is 0 Å². The predicted octanol–water partition coefficient (Wildman–Crippen LogP) is -0.743. The van der Waals surface area contributed by atoms with E-state index in [2.05, 4.69) is 35.6 Å². The number of nitrogens with zero attached hydrogens (tertiary/aromatic N) is 8. The molecule has 4 rings (SSSR count). The minimum Gasteiger partial charge on any atom is -0.345 e. The normalized spacial score (nSPS) is 18.3. The van der Waals surface area contributed by atoms with Crippen LogP contribution in [0.3, 0.4) is 0 Å². The number of amides is 1. The molecule has 1 saturated heterocycles. The Kier molecular flexibility index (Phi) is 3.65. The molecule has 4 heterocycles. The summed E-state index contributed by atoms with van der Waals surface area (Å²) in [7, 11) is 1.88. The average molecular weight is 327 g/mol. The molecular weight excluding hydrogens is 310 g/mol. The predicted molar refractivity (Wildman–Crippen MR) is 82.9 cm³/mol. The van der Waals surface area contributed by atoms with Gasteiger partial charge in [0.25, 0.3) is 11.7 Å². The highest BCUT2D eigenvalue weighted by Gasteiger charge is 2.26. The molecule has 1 aliphatic heterocycles. The van der Waals surface area contributed by atoms with Crippen LogP contribution in [0.25, 0.3) is 5.78 Å². The van der Waals surface area contributed by atoms with Crippen LogP contribution in [0.1, 0.15) is 22.7 Å². The van der Waals surface area contributed by atoms with E-state index in [-0.39, 0.29) is 17.8 Å². The molecule has 1 N–H and O–H groups in total. The van der Waals surface area contributed by atoms with E-state index in [0.29, 0.717) is 5.78 Å². The van der Waals surface area contributed by atoms with E-state index in [0.717, 1.165) is 31.7 Å². The molecule has 0 aromatic carbocycles. The van der Waals surface area contributed by atoms with Gasteiger partial charge in [-0.3, -0.25) is 14.4 Å². The number of carbonyl (C=O) groups excluding carboxylic acids is 1. The van der Waals surface area contributed by atoms with E-state index in [1.54, 1.807) is 29.3 Å². The number of hydrogen-bond donors (Lipinski definition) is 1. The van der Waals surface area contributed by atoms with Crippen LogP contribution in [-0.4, -0.2) is 64.5 Å². The maximum absolute atomic E-state index is 12.3. The maximum Gasteiger partial charge on any atom is 0.291 e. The highest BCUT2D eigenvalue weighted by atomic mass is 16.2. The molecule has 1 atom stereocenters. The van der Waals surface area contributed by atoms with Crippen molar-refractivity contribution in [2.75, 3.05) is 13.1 Å². The van der Waals surface area contributed by atoms with Gasteiger partial charge in [-0.25, -0.2) is 9.50 Å². The Balaban J connectivity index is 1.37. The van der Waals surface area contributed by atoms with Crippen LogP contribution in [0, 0.1) is 0 Å². The van der Waals surface area contributed by atoms with Crippen molar-refractivity contribution in [2.45, 2.75) is 19.0 Å². The van der Waals surface area contributed by atoms with Gasteiger partial charge in [0.05, 0.1) is 11.9 Å². The summed E-state index contributed by atoms with van der Waals surface area (Å²) in [5.74, 6) is 0.289. The van der Waals surface area contributed by atoms with Gasteiger partial charge in [0, 0.05) is 45.1 Å². The maximum atomic E-state index is 12.3. The van der Waals surface area contributed by atoms with Gasteiger partial charge < -0.3 is 5.32 Å². The van der Waals surface area contributed by atoms with Crippen molar-refractivity contribution in [3.8, 4) is 0 Å². The molecular formula is C14H17N9O. The number of aromatic nitrogens is 7. The lowest BCUT2D eigenvalue weighted by atomic mass is 10.2. The van der Waals surface area contributed by atoms with E-state index < -0.39 is 0 Å². The second kappa shape index (κ2) is 5.96. The molecule has 0 spiro atoms. The lowest BCUT2D eigenvalue weighted by Crippen LogP contribution is -2.37. The van der Waals surface area contributed by atoms with Crippen LogP contribution >= 0.6 is 0 Å². The quantitative estimate of drug-likeness (QED) is 0.672. The highest BCUT2D eigenvalue weighted by molar-refractivity contribution is 5.91. The van der Waals surface area contributed by atoms with Crippen LogP contribution in [0.15, 0.2) is 24.7 Å². The first-order chi connectivity index (χ1) is 11.7. The lowest BCUT2D eigenvalue weighted by Gasteiger charge is -2.15. The van der Waals surface area contributed by atoms with Crippen LogP contribution in [0.5, 0.6) is 0 Å². The zero-order chi connectivity index (χ0) is 16.5. The Bertz CT molecular complexity index is 837. The summed E-state index contributed by atoms with van der Waals surface area (Å²) in [6.45, 7) is 2.46. The number of rotatable bonds is 4. The summed E-state index contributed by atoms with van der Waals surface area (Å²) in [6.07, 6.45) is 5.99. The Morgan fingerprint density at radius 1 is 1.46 bits per heavy atom. The van der Waals surface area contributed by atoms with E-state index in [4.69, 9.17) is 0 Å². The number of carbonyl (C=O) groups is 1. The van der Waals surface area contributed by atoms with Crippen LogP contribution in [-0.2, 0) is 13.6 Å². The summed E-state index contributed by atoms with van der Waals surface area (Å²) in [5, 5.41) is 15.0. The lowest BCUT2D eigenvalue weighted by molar-refractivity contribution is 0.0927. The Hall–Kier alpha value is -2.88. The van der Waals surface area contributed by atoms with E-state index >= 15 is 0 Å². The summed E-state index contributed by atoms with van der Waals surface area (Å²) in [5.41, 5.74) is 1.05. The molecule has 10 heteroatoms. The monoisotopic (exact) mass is 327 g/mol. The van der Waals surface area contributed by atoms with Gasteiger partial charge in [0.2, 0.25) is 5.82 Å². The fraction of sp³-hybridized carbons (Fsp3) is 0.429. The molecule has 10 nitrogen and oxygen atoms in total. The van der Waals surface area contributed by atoms with Crippen molar-refractivity contribution < 1.29 is 4.79 Å². The van der Waals surface area contributed by atoms with Crippen molar-refractivity contribution in [3.05, 3.63) is 36.2 Å². The summed E-state index contributed by atoms with van der Waals surface area (Å²) in [4.78, 5) is 22.8. The molecule has 1 amide bonds. The first kappa shape index (κ1) is 14.7. The second-order valence-corrected chi connectivity index (χ2v) is 5.84. The molecule has 0 bridgehead atoms. The molecule has 1 unspecified atom stereocenters. The first-order valence-electron chi connectivity index (χ1n) is 7.73. The number of nitrogens with one attached hydrogen (secondary N) is 1. The highest BCUT2D eigenvalue weighted by Crippen LogP contribution is 2.13. The average Bonchev–Trinajstić information content (AvgIpc) is 3.28. The topological polar surface area (TPSA) is 106 Å². The molecule has 24 heavy (non-hydrogen) atoms. The Morgan fingerprint density at radius 2 is 2.38 bits per heavy atom. The summed E-state index contributed by atoms with van der Waals surface area (Å²) >= 11 is 0. The van der Waals surface area contributed by atoms with Crippen LogP contribution in [0.2, 0.25) is 0 Å². The van der Waals surface area contributed by atoms with E-state index in [1.807, 2.05) is 7.05 Å². The SMILES string of the molecule is Cn1nncc1CN1CCC(NC(=O)c2nc3ncccn3n2)C1. The van der Waals surface area contributed by atoms with Crippen LogP contribution < -0.4 is 5.32 Å². The number of aryl methyl sites for hydroxylation is 1. The fourth-order valence-corrected chi connectivity index (χ4v) is 2.86. The van der Waals surface area contributed by atoms with Gasteiger partial charge in [-0.1, -0.05) is 5.21 Å². The molecule has 1 aliphatic rings. The van der Waals surface area contributed by atoms with Crippen molar-refractivity contribution in [2.24, 2.45) is 7.05 Å². The largest absolute Gasteiger partial charge is 0.345 e. The third-order valence-corrected chi connectivity index (χ3v) is 4.12. The van der Waals surface area contributed by atoms with Gasteiger partial charge in [-0.05, 0) is 12.5 Å². The van der Waals surface area contributed by atoms with Gasteiger partial charge in [0.1, 0.15) is 0 Å². The summed E-state index contributed by atoms with van der Waals surface area (Å²) < 4.78 is 3.25. The second-order valence-electron chi connectivity index (χ2n) is 5.84. The minimum atomic E-state index is -0.269. The standard InChI is InChI=1S/C14H17N9O/c1-21-11(7-16-20-21)9-22-6-3-10(8-22)17-13(24)12-18-14-15-4-2-5-23(14)19-12/h2,4-5,7,10H,3,6,8-9H2,1H3,(H,17,24). The third kappa shape index (κ3) is 2.83. The summed E-state index contributed by atoms with van der Waals surface area (Å²) in [6, 6.07) is 1.82. The molecule has 124 valence electrons. The van der Waals surface area contributed by atoms with E-state index in [1.165, 1.54) is 4.52 Å². The van der Waals surface area contributed by atoms with Crippen molar-refractivity contribution >= 4 is 11.7 Å². The zero-order valence-corrected chi connectivity index (χ0v) is 13.2. The molecule has 0 radical (unpaired) electrons. The third-order valence-electron chi connectivity index (χ3n) is 4.12. The minimum absolute atomic E-state index is 0.0817. The molecule has 3 aromatic heterocycles. The zero-order valence-electron chi connectivity index (χ0n) is 13.2. The van der Waals surface area contributed by atoms with Crippen molar-refractivity contribution in [1.82, 2.24) is 44.8 Å². The molecule has 0 aliphatic carbocycles. The van der Waals surface area contributed by atoms with Gasteiger partial charge in [0.15, 0.2) is 0 Å². The molecule has 0 saturated carbocycles. The van der Waals surface area contributed by atoms with Crippen molar-refractivity contribution in [3.63, 3.8) is 0 Å². The number of likely N-dealkylation sites (tertiary alicyclic amines) is 1. The molecule has 3 aromatic rings. The Labute approximate surface area is 137 Å². The number of fused-ring (bicyclic) bond motifs is 1. The number of hydrogen-bond acceptors (Lipinski definition) is 7. The van der Waals surface area contributed by atoms with E-state index in [9.17, 15) is 4.79 Å². The Morgan fingerprint density at radius 3 is 3.17 bits per heavy atom. The van der Waals surface area contributed by atoms with Gasteiger partial charge >= 0.3 is 0 Å². The first-order valence-corrected chi connectivity index (χ1v) is 7.73. The molecule has 1 fully saturated rings. The fourth-order valence-electron chi connectivity index (χ4n) is 2.86. The van der Waals surface area contributed by atoms with Crippen molar-refractivity contribution in [1.29, 1.82) is 0 Å².